The monoisotopic (exact) mass is 1020 g/mol. The van der Waals surface area contributed by atoms with Gasteiger partial charge in [0.05, 0.1) is 28.1 Å². The molecule has 0 spiro atoms. The summed E-state index contributed by atoms with van der Waals surface area (Å²) in [7, 11) is 0. The zero-order valence-corrected chi connectivity index (χ0v) is 48.9. The third kappa shape index (κ3) is 7.77. The summed E-state index contributed by atoms with van der Waals surface area (Å²) in [6.07, 6.45) is 1.93. The molecule has 0 radical (unpaired) electrons. The number of furan rings is 1. The van der Waals surface area contributed by atoms with E-state index in [1.54, 1.807) is 0 Å². The Morgan fingerprint density at radius 2 is 1.01 bits per heavy atom. The summed E-state index contributed by atoms with van der Waals surface area (Å²) in [6, 6.07) is 49.1. The van der Waals surface area contributed by atoms with Crippen LogP contribution in [0.1, 0.15) is 124 Å². The van der Waals surface area contributed by atoms with Crippen LogP contribution in [0.5, 0.6) is 0 Å². The highest BCUT2D eigenvalue weighted by molar-refractivity contribution is 7.00. The van der Waals surface area contributed by atoms with Crippen LogP contribution in [0.2, 0.25) is 0 Å². The molecule has 390 valence electrons. The molecule has 12 rings (SSSR count). The van der Waals surface area contributed by atoms with Gasteiger partial charge < -0.3 is 18.8 Å². The number of allylic oxidation sites excluding steroid dienone is 1. The molecule has 2 aromatic heterocycles. The van der Waals surface area contributed by atoms with Gasteiger partial charge >= 0.3 is 0 Å². The van der Waals surface area contributed by atoms with Crippen LogP contribution >= 0.6 is 0 Å². The summed E-state index contributed by atoms with van der Waals surface area (Å²) in [6.45, 7) is 45.8. The number of para-hydroxylation sites is 2. The van der Waals surface area contributed by atoms with E-state index in [4.69, 9.17) is 4.42 Å². The largest absolute Gasteiger partial charge is 0.455 e. The predicted octanol–water partition coefficient (Wildman–Crippen LogP) is 16.5. The van der Waals surface area contributed by atoms with Crippen molar-refractivity contribution in [1.82, 2.24) is 4.57 Å². The molecular formula is C73H74BN3O. The molecule has 5 heteroatoms. The zero-order valence-electron chi connectivity index (χ0n) is 48.9. The van der Waals surface area contributed by atoms with Crippen molar-refractivity contribution in [3.8, 4) is 5.69 Å². The van der Waals surface area contributed by atoms with E-state index in [1.807, 2.05) is 24.3 Å². The van der Waals surface area contributed by atoms with Crippen molar-refractivity contribution in [2.75, 3.05) is 9.80 Å². The lowest BCUT2D eigenvalue weighted by Gasteiger charge is -2.46. The normalized spacial score (nSPS) is 13.9. The number of aromatic nitrogens is 1. The van der Waals surface area contributed by atoms with Crippen LogP contribution < -0.4 is 36.8 Å². The molecule has 8 aromatic carbocycles. The summed E-state index contributed by atoms with van der Waals surface area (Å²) in [4.78, 5) is 5.27. The minimum atomic E-state index is -0.0816. The third-order valence-electron chi connectivity index (χ3n) is 17.2. The second-order valence-electron chi connectivity index (χ2n) is 26.0. The molecule has 0 aliphatic carbocycles. The first-order chi connectivity index (χ1) is 36.8. The molecule has 0 saturated carbocycles. The second-order valence-corrected chi connectivity index (χ2v) is 26.0. The number of anilines is 6. The minimum absolute atomic E-state index is 0.00515. The lowest BCUT2D eigenvalue weighted by Crippen LogP contribution is -2.61. The van der Waals surface area contributed by atoms with Crippen molar-refractivity contribution in [1.29, 1.82) is 0 Å². The molecule has 2 aliphatic rings. The van der Waals surface area contributed by atoms with Crippen LogP contribution in [0.4, 0.5) is 34.1 Å². The van der Waals surface area contributed by atoms with Gasteiger partial charge in [-0.05, 0) is 191 Å². The van der Waals surface area contributed by atoms with Crippen LogP contribution in [0.3, 0.4) is 0 Å². The van der Waals surface area contributed by atoms with Crippen LogP contribution in [0, 0.1) is 48.5 Å². The maximum absolute atomic E-state index is 6.59. The third-order valence-corrected chi connectivity index (χ3v) is 17.2. The highest BCUT2D eigenvalue weighted by Crippen LogP contribution is 2.50. The number of nitrogens with zero attached hydrogens (tertiary/aromatic N) is 3. The molecule has 0 saturated heterocycles. The van der Waals surface area contributed by atoms with Crippen molar-refractivity contribution in [2.45, 2.75) is 127 Å². The molecule has 4 heterocycles. The topological polar surface area (TPSA) is 24.6 Å². The van der Waals surface area contributed by atoms with E-state index < -0.39 is 0 Å². The maximum Gasteiger partial charge on any atom is 0.252 e. The Morgan fingerprint density at radius 1 is 0.474 bits per heavy atom. The van der Waals surface area contributed by atoms with Crippen molar-refractivity contribution in [3.63, 3.8) is 0 Å². The predicted molar refractivity (Wildman–Crippen MR) is 338 cm³/mol. The van der Waals surface area contributed by atoms with Crippen LogP contribution in [-0.4, -0.2) is 11.3 Å². The second kappa shape index (κ2) is 17.6. The number of rotatable bonds is 5. The summed E-state index contributed by atoms with van der Waals surface area (Å²) < 4.78 is 9.18. The van der Waals surface area contributed by atoms with Crippen molar-refractivity contribution in [3.05, 3.63) is 212 Å². The molecule has 0 bridgehead atoms. The van der Waals surface area contributed by atoms with Gasteiger partial charge in [-0.2, -0.15) is 0 Å². The molecule has 0 fully saturated rings. The van der Waals surface area contributed by atoms with E-state index in [-0.39, 0.29) is 23.0 Å². The number of aryl methyl sites for hydroxylation is 7. The molecule has 78 heavy (non-hydrogen) atoms. The van der Waals surface area contributed by atoms with Crippen LogP contribution in [0.25, 0.3) is 50.6 Å². The lowest BCUT2D eigenvalue weighted by molar-refractivity contribution is 0.573. The molecule has 2 aliphatic heterocycles. The van der Waals surface area contributed by atoms with Gasteiger partial charge in [-0.15, -0.1) is 0 Å². The van der Waals surface area contributed by atoms with E-state index in [0.29, 0.717) is 0 Å². The Hall–Kier alpha value is -7.76. The molecular weight excluding hydrogens is 946 g/mol. The van der Waals surface area contributed by atoms with E-state index in [1.165, 1.54) is 123 Å². The zero-order chi connectivity index (χ0) is 55.4. The number of hydrogen-bond donors (Lipinski definition) is 0. The van der Waals surface area contributed by atoms with E-state index in [0.717, 1.165) is 43.9 Å². The fraction of sp³-hybridized carbons (Fsp3) is 0.260. The fourth-order valence-electron chi connectivity index (χ4n) is 13.3. The quantitative estimate of drug-likeness (QED) is 0.161. The Bertz CT molecular complexity index is 4280. The fourth-order valence-corrected chi connectivity index (χ4v) is 13.3. The van der Waals surface area contributed by atoms with Gasteiger partial charge in [-0.25, -0.2) is 0 Å². The summed E-state index contributed by atoms with van der Waals surface area (Å²) in [5.74, 6) is 0. The molecule has 0 atom stereocenters. The van der Waals surface area contributed by atoms with Gasteiger partial charge in [-0.3, -0.25) is 0 Å². The molecule has 0 unspecified atom stereocenters. The van der Waals surface area contributed by atoms with Crippen molar-refractivity contribution in [2.24, 2.45) is 0 Å². The Labute approximate surface area is 463 Å². The lowest BCUT2D eigenvalue weighted by atomic mass is 9.33. The van der Waals surface area contributed by atoms with Gasteiger partial charge in [0, 0.05) is 49.7 Å². The summed E-state index contributed by atoms with van der Waals surface area (Å²) in [5, 5.41) is 4.41. The standard InChI is InChI=1S/C73H74BN3O/c1-19-53(70-48(9)54-25-20-21-26-65(54)78-70)49-33-44(5)68(45(6)34-49)77-62-40-61-56(55-29-27-51(72(13,14)15)38-60(55)76(61)67-42(3)23-22-24-43(67)4)39-58(62)74-57-37-50(71(10,11)12)28-30-59(57)75(63-31-41(2)32-64(77)66(63)74)69-46(7)35-52(36-47(69)8)73(16,17)18/h19-40H,1,9H2,2-8,10-18H3/b70-53-. The number of hydrogen-bond acceptors (Lipinski definition) is 3. The van der Waals surface area contributed by atoms with Crippen molar-refractivity contribution < 1.29 is 4.42 Å². The number of benzene rings is 8. The Morgan fingerprint density at radius 3 is 1.60 bits per heavy atom. The average molecular weight is 1020 g/mol. The Kier molecular flexibility index (Phi) is 11.5. The van der Waals surface area contributed by atoms with Gasteiger partial charge in [0.2, 0.25) is 0 Å². The van der Waals surface area contributed by atoms with Crippen molar-refractivity contribution >= 4 is 102 Å². The minimum Gasteiger partial charge on any atom is -0.455 e. The molecule has 0 N–H and O–H groups in total. The van der Waals surface area contributed by atoms with E-state index >= 15 is 0 Å². The highest BCUT2D eigenvalue weighted by Gasteiger charge is 2.45. The highest BCUT2D eigenvalue weighted by atomic mass is 16.3. The van der Waals surface area contributed by atoms with Gasteiger partial charge in [0.1, 0.15) is 11.0 Å². The van der Waals surface area contributed by atoms with Gasteiger partial charge in [-0.1, -0.05) is 160 Å². The first-order valence-electron chi connectivity index (χ1n) is 28.0. The van der Waals surface area contributed by atoms with E-state index in [2.05, 4.69) is 247 Å². The molecule has 0 amide bonds. The Balaban J connectivity index is 1.23. The summed E-state index contributed by atoms with van der Waals surface area (Å²) in [5.41, 5.74) is 30.9. The molecule has 10 aromatic rings. The number of fused-ring (bicyclic) bond motifs is 8. The smallest absolute Gasteiger partial charge is 0.252 e. The first kappa shape index (κ1) is 51.0. The van der Waals surface area contributed by atoms with Gasteiger partial charge in [0.25, 0.3) is 6.71 Å². The van der Waals surface area contributed by atoms with Crippen LogP contribution in [-0.2, 0) is 16.2 Å². The first-order valence-corrected chi connectivity index (χ1v) is 28.0. The van der Waals surface area contributed by atoms with E-state index in [9.17, 15) is 0 Å². The summed E-state index contributed by atoms with van der Waals surface area (Å²) >= 11 is 0. The maximum atomic E-state index is 6.59. The average Bonchev–Trinajstić information content (AvgIpc) is 4.03. The van der Waals surface area contributed by atoms with Crippen LogP contribution in [0.15, 0.2) is 144 Å². The molecule has 4 nitrogen and oxygen atoms in total. The van der Waals surface area contributed by atoms with Gasteiger partial charge in [0.15, 0.2) is 0 Å². The SMILES string of the molecule is C=C/C(c1cc(C)c(N2c3cc4c(cc3B3c5cc(C(C)(C)C)ccc5N(c5c(C)cc(C(C)(C)C)cc5C)c5cc(C)cc2c53)c2ccc(C(C)(C)C)cc2n4-c2c(C)cccc2C)c(C)c1)=c1/oc2ccccc2c1=C.